The van der Waals surface area contributed by atoms with Crippen molar-refractivity contribution in [2.45, 2.75) is 50.2 Å². The highest BCUT2D eigenvalue weighted by Gasteiger charge is 2.42. The van der Waals surface area contributed by atoms with Gasteiger partial charge >= 0.3 is 0 Å². The Morgan fingerprint density at radius 3 is 2.63 bits per heavy atom. The number of nitrogens with zero attached hydrogens (tertiary/aromatic N) is 2. The zero-order valence-electron chi connectivity index (χ0n) is 11.2. The number of amides is 1. The number of hydrogen-bond donors (Lipinski definition) is 2. The number of H-pyrrole nitrogens is 1. The van der Waals surface area contributed by atoms with Gasteiger partial charge in [0.2, 0.25) is 11.1 Å². The SMILES string of the molecule is CCc1nc(SCC(=O)NC(C2CC2)C2CC2)n[nH]1. The predicted molar refractivity (Wildman–Crippen MR) is 73.9 cm³/mol. The summed E-state index contributed by atoms with van der Waals surface area (Å²) in [5.74, 6) is 2.90. The minimum Gasteiger partial charge on any atom is -0.352 e. The second-order valence-electron chi connectivity index (χ2n) is 5.48. The fourth-order valence-corrected chi connectivity index (χ4v) is 3.02. The number of hydrogen-bond acceptors (Lipinski definition) is 4. The monoisotopic (exact) mass is 280 g/mol. The van der Waals surface area contributed by atoms with E-state index in [9.17, 15) is 4.79 Å². The van der Waals surface area contributed by atoms with Gasteiger partial charge in [-0.2, -0.15) is 0 Å². The van der Waals surface area contributed by atoms with Crippen LogP contribution < -0.4 is 5.32 Å². The molecule has 0 saturated heterocycles. The lowest BCUT2D eigenvalue weighted by atomic mass is 10.1. The molecule has 1 aromatic rings. The van der Waals surface area contributed by atoms with E-state index in [1.165, 1.54) is 37.4 Å². The molecular weight excluding hydrogens is 260 g/mol. The van der Waals surface area contributed by atoms with E-state index >= 15 is 0 Å². The average molecular weight is 280 g/mol. The molecule has 0 atom stereocenters. The van der Waals surface area contributed by atoms with E-state index in [4.69, 9.17) is 0 Å². The molecule has 1 heterocycles. The van der Waals surface area contributed by atoms with Crippen LogP contribution in [0, 0.1) is 11.8 Å². The number of aryl methyl sites for hydroxylation is 1. The van der Waals surface area contributed by atoms with Crippen molar-refractivity contribution >= 4 is 17.7 Å². The molecule has 0 aromatic carbocycles. The summed E-state index contributed by atoms with van der Waals surface area (Å²) in [6.07, 6.45) is 5.99. The molecule has 2 fully saturated rings. The first-order valence-corrected chi connectivity index (χ1v) is 8.08. The Hall–Kier alpha value is -1.04. The molecule has 0 spiro atoms. The lowest BCUT2D eigenvalue weighted by molar-refractivity contribution is -0.119. The minimum atomic E-state index is 0.122. The Balaban J connectivity index is 1.45. The van der Waals surface area contributed by atoms with Gasteiger partial charge in [0.05, 0.1) is 5.75 Å². The van der Waals surface area contributed by atoms with Crippen molar-refractivity contribution in [1.29, 1.82) is 0 Å². The van der Waals surface area contributed by atoms with E-state index < -0.39 is 0 Å². The average Bonchev–Trinajstić information content (AvgIpc) is 3.32. The van der Waals surface area contributed by atoms with Crippen LogP contribution >= 0.6 is 11.8 Å². The molecule has 0 bridgehead atoms. The van der Waals surface area contributed by atoms with Crippen LogP contribution in [0.15, 0.2) is 5.16 Å². The van der Waals surface area contributed by atoms with Gasteiger partial charge in [0.15, 0.2) is 0 Å². The number of thioether (sulfide) groups is 1. The molecule has 3 rings (SSSR count). The normalized spacial score (nSPS) is 18.8. The lowest BCUT2D eigenvalue weighted by Crippen LogP contribution is -2.39. The molecule has 5 nitrogen and oxygen atoms in total. The number of rotatable bonds is 7. The van der Waals surface area contributed by atoms with Crippen LogP contribution in [-0.4, -0.2) is 32.9 Å². The van der Waals surface area contributed by atoms with E-state index in [0.29, 0.717) is 17.0 Å². The van der Waals surface area contributed by atoms with Crippen LogP contribution in [0.1, 0.15) is 38.4 Å². The largest absolute Gasteiger partial charge is 0.352 e. The Labute approximate surface area is 117 Å². The van der Waals surface area contributed by atoms with Gasteiger partial charge in [0.25, 0.3) is 0 Å². The van der Waals surface area contributed by atoms with Crippen LogP contribution in [-0.2, 0) is 11.2 Å². The molecule has 2 aliphatic rings. The van der Waals surface area contributed by atoms with Crippen LogP contribution in [0.4, 0.5) is 0 Å². The van der Waals surface area contributed by atoms with Crippen LogP contribution in [0.5, 0.6) is 0 Å². The van der Waals surface area contributed by atoms with Crippen molar-refractivity contribution in [2.24, 2.45) is 11.8 Å². The van der Waals surface area contributed by atoms with Gasteiger partial charge in [-0.3, -0.25) is 9.89 Å². The number of aromatic nitrogens is 3. The van der Waals surface area contributed by atoms with E-state index in [0.717, 1.165) is 24.1 Å². The number of carbonyl (C=O) groups is 1. The van der Waals surface area contributed by atoms with Gasteiger partial charge < -0.3 is 5.32 Å². The molecule has 104 valence electrons. The number of carbonyl (C=O) groups excluding carboxylic acids is 1. The van der Waals surface area contributed by atoms with Gasteiger partial charge in [-0.15, -0.1) is 5.10 Å². The zero-order valence-corrected chi connectivity index (χ0v) is 12.0. The molecule has 19 heavy (non-hydrogen) atoms. The maximum absolute atomic E-state index is 12.0. The van der Waals surface area contributed by atoms with E-state index in [2.05, 4.69) is 20.5 Å². The fraction of sp³-hybridized carbons (Fsp3) is 0.769. The highest BCUT2D eigenvalue weighted by Crippen LogP contribution is 2.44. The fourth-order valence-electron chi connectivity index (χ4n) is 2.39. The molecule has 2 saturated carbocycles. The van der Waals surface area contributed by atoms with Crippen molar-refractivity contribution in [2.75, 3.05) is 5.75 Å². The van der Waals surface area contributed by atoms with Gasteiger partial charge in [-0.25, -0.2) is 4.98 Å². The van der Waals surface area contributed by atoms with Crippen molar-refractivity contribution in [3.63, 3.8) is 0 Å². The summed E-state index contributed by atoms with van der Waals surface area (Å²) in [4.78, 5) is 16.3. The molecule has 1 aromatic heterocycles. The lowest BCUT2D eigenvalue weighted by Gasteiger charge is -2.17. The second kappa shape index (κ2) is 5.53. The topological polar surface area (TPSA) is 70.7 Å². The standard InChI is InChI=1S/C13H20N4OS/c1-2-10-14-13(17-16-10)19-7-11(18)15-12(8-3-4-8)9-5-6-9/h8-9,12H,2-7H2,1H3,(H,15,18)(H,14,16,17). The summed E-state index contributed by atoms with van der Waals surface area (Å²) < 4.78 is 0. The number of aromatic amines is 1. The summed E-state index contributed by atoms with van der Waals surface area (Å²) in [5.41, 5.74) is 0. The first-order valence-electron chi connectivity index (χ1n) is 7.09. The Bertz CT molecular complexity index is 441. The van der Waals surface area contributed by atoms with Gasteiger partial charge in [0, 0.05) is 12.5 Å². The summed E-state index contributed by atoms with van der Waals surface area (Å²) >= 11 is 1.41. The van der Waals surface area contributed by atoms with Crippen LogP contribution in [0.25, 0.3) is 0 Å². The van der Waals surface area contributed by atoms with E-state index in [1.807, 2.05) is 6.92 Å². The third kappa shape index (κ3) is 3.49. The van der Waals surface area contributed by atoms with Crippen molar-refractivity contribution in [1.82, 2.24) is 20.5 Å². The van der Waals surface area contributed by atoms with E-state index in [1.54, 1.807) is 0 Å². The molecule has 1 amide bonds. The predicted octanol–water partition coefficient (Wildman–Crippen LogP) is 1.76. The molecule has 0 radical (unpaired) electrons. The molecule has 2 N–H and O–H groups in total. The molecule has 6 heteroatoms. The van der Waals surface area contributed by atoms with Crippen LogP contribution in [0.2, 0.25) is 0 Å². The zero-order chi connectivity index (χ0) is 13.2. The second-order valence-corrected chi connectivity index (χ2v) is 6.42. The summed E-state index contributed by atoms with van der Waals surface area (Å²) in [7, 11) is 0. The van der Waals surface area contributed by atoms with Gasteiger partial charge in [-0.05, 0) is 37.5 Å². The highest BCUT2D eigenvalue weighted by molar-refractivity contribution is 7.99. The first-order chi connectivity index (χ1) is 9.26. The maximum Gasteiger partial charge on any atom is 0.230 e. The molecular formula is C13H20N4OS. The smallest absolute Gasteiger partial charge is 0.230 e. The summed E-state index contributed by atoms with van der Waals surface area (Å²) in [6.45, 7) is 2.03. The van der Waals surface area contributed by atoms with Gasteiger partial charge in [-0.1, -0.05) is 18.7 Å². The quantitative estimate of drug-likeness (QED) is 0.747. The van der Waals surface area contributed by atoms with Crippen molar-refractivity contribution in [3.8, 4) is 0 Å². The van der Waals surface area contributed by atoms with Gasteiger partial charge in [0.1, 0.15) is 5.82 Å². The summed E-state index contributed by atoms with van der Waals surface area (Å²) in [6, 6.07) is 0.437. The Kier molecular flexibility index (Phi) is 3.77. The maximum atomic E-state index is 12.0. The Morgan fingerprint density at radius 1 is 1.42 bits per heavy atom. The Morgan fingerprint density at radius 2 is 2.11 bits per heavy atom. The summed E-state index contributed by atoms with van der Waals surface area (Å²) in [5, 5.41) is 10.8. The minimum absolute atomic E-state index is 0.122. The number of nitrogens with one attached hydrogen (secondary N) is 2. The highest BCUT2D eigenvalue weighted by atomic mass is 32.2. The van der Waals surface area contributed by atoms with Crippen molar-refractivity contribution in [3.05, 3.63) is 5.82 Å². The first kappa shape index (κ1) is 13.0. The van der Waals surface area contributed by atoms with Crippen LogP contribution in [0.3, 0.4) is 0 Å². The molecule has 0 aliphatic heterocycles. The van der Waals surface area contributed by atoms with Crippen molar-refractivity contribution < 1.29 is 4.79 Å². The van der Waals surface area contributed by atoms with E-state index in [-0.39, 0.29) is 5.91 Å². The third-order valence-corrected chi connectivity index (χ3v) is 4.61. The third-order valence-electron chi connectivity index (χ3n) is 3.77. The molecule has 0 unspecified atom stereocenters. The molecule has 2 aliphatic carbocycles.